The number of hydrogen-bond acceptors (Lipinski definition) is 2. The Hall–Kier alpha value is -1.34. The van der Waals surface area contributed by atoms with Crippen molar-refractivity contribution in [2.45, 2.75) is 13.8 Å². The van der Waals surface area contributed by atoms with Crippen molar-refractivity contribution in [1.82, 2.24) is 9.13 Å². The molecular formula is C24H30N2O2PrSi2-2. The molecule has 7 heteroatoms. The second kappa shape index (κ2) is 16.3. The van der Waals surface area contributed by atoms with Crippen molar-refractivity contribution in [3.05, 3.63) is 83.9 Å². The first-order valence-electron chi connectivity index (χ1n) is 9.61. The van der Waals surface area contributed by atoms with Gasteiger partial charge in [-0.05, 0) is 28.2 Å². The van der Waals surface area contributed by atoms with E-state index in [0.717, 1.165) is 0 Å². The molecule has 0 aliphatic heterocycles. The first-order valence-corrected chi connectivity index (χ1v) is 11.3. The predicted molar refractivity (Wildman–Crippen MR) is 129 cm³/mol. The third-order valence-electron chi connectivity index (χ3n) is 3.89. The fourth-order valence-corrected chi connectivity index (χ4v) is 2.61. The van der Waals surface area contributed by atoms with Gasteiger partial charge in [0, 0.05) is 41.3 Å². The van der Waals surface area contributed by atoms with Crippen LogP contribution in [-0.4, -0.2) is 56.5 Å². The molecule has 31 heavy (non-hydrogen) atoms. The van der Waals surface area contributed by atoms with Crippen LogP contribution in [0.25, 0.3) is 21.5 Å². The Bertz CT molecular complexity index is 892. The number of rotatable bonds is 2. The second-order valence-corrected chi connectivity index (χ2v) is 9.45. The number of fused-ring (bicyclic) bond motifs is 2. The van der Waals surface area contributed by atoms with E-state index < -0.39 is 0 Å². The first-order chi connectivity index (χ1) is 14.3. The van der Waals surface area contributed by atoms with E-state index in [0.29, 0.717) is 0 Å². The summed E-state index contributed by atoms with van der Waals surface area (Å²) in [6.07, 6.45) is 0. The van der Waals surface area contributed by atoms with Crippen LogP contribution >= 0.6 is 0 Å². The van der Waals surface area contributed by atoms with E-state index in [-0.39, 0.29) is 60.4 Å². The maximum Gasteiger partial charge on any atom is 0.465 e. The predicted octanol–water partition coefficient (Wildman–Crippen LogP) is 4.76. The van der Waals surface area contributed by atoms with E-state index in [2.05, 4.69) is 86.6 Å². The van der Waals surface area contributed by atoms with Gasteiger partial charge in [-0.3, -0.25) is 0 Å². The Morgan fingerprint density at radius 2 is 0.935 bits per heavy atom. The molecule has 0 amide bonds. The largest absolute Gasteiger partial charge is 0.465 e. The summed E-state index contributed by atoms with van der Waals surface area (Å²) >= 11 is 0. The molecule has 0 aliphatic rings. The van der Waals surface area contributed by atoms with Crippen LogP contribution in [0.3, 0.4) is 0 Å². The van der Waals surface area contributed by atoms with Gasteiger partial charge in [-0.1, -0.05) is 26.0 Å². The maximum atomic E-state index is 9.58. The third-order valence-corrected chi connectivity index (χ3v) is 4.62. The standard InChI is InChI=1S/2C10H9.2C2H6NOSi.Pr/c2*1-8-6-9-4-2-3-5-10(9)7-8;2*1-3(2)5-4;/h2*2-7H,1H3;2*1-2H3;/q2*-1;;;. The molecule has 0 atom stereocenters. The molecule has 0 bridgehead atoms. The SMILES string of the molecule is CN(C)[Si]=O.CN(C)[Si]=O.Cc1cc2ccccc2[cH-]1.Cc1cc2ccccc2[cH-]1.[Pr]. The summed E-state index contributed by atoms with van der Waals surface area (Å²) in [7, 11) is 6.42. The van der Waals surface area contributed by atoms with Crippen molar-refractivity contribution in [1.29, 1.82) is 0 Å². The molecule has 0 aromatic heterocycles. The van der Waals surface area contributed by atoms with Crippen LogP contribution < -0.4 is 0 Å². The summed E-state index contributed by atoms with van der Waals surface area (Å²) < 4.78 is 22.4. The van der Waals surface area contributed by atoms with Crippen molar-refractivity contribution in [3.8, 4) is 0 Å². The molecule has 0 fully saturated rings. The summed E-state index contributed by atoms with van der Waals surface area (Å²) in [5.41, 5.74) is 2.70. The summed E-state index contributed by atoms with van der Waals surface area (Å²) in [6.45, 7) is 4.25. The molecule has 0 aliphatic carbocycles. The van der Waals surface area contributed by atoms with E-state index >= 15 is 0 Å². The van der Waals surface area contributed by atoms with Gasteiger partial charge in [-0.25, -0.2) is 0 Å². The number of benzene rings is 2. The van der Waals surface area contributed by atoms with Crippen molar-refractivity contribution < 1.29 is 50.2 Å². The average molecular weight is 576 g/mol. The Morgan fingerprint density at radius 3 is 1.19 bits per heavy atom. The quantitative estimate of drug-likeness (QED) is 0.256. The molecule has 4 aromatic rings. The van der Waals surface area contributed by atoms with E-state index in [1.54, 1.807) is 37.3 Å². The zero-order valence-corrected chi connectivity index (χ0v) is 24.9. The summed E-state index contributed by atoms with van der Waals surface area (Å²) in [5.74, 6) is 0. The van der Waals surface area contributed by atoms with E-state index in [4.69, 9.17) is 0 Å². The van der Waals surface area contributed by atoms with Gasteiger partial charge < -0.3 is 18.1 Å². The maximum absolute atomic E-state index is 9.58. The van der Waals surface area contributed by atoms with Crippen molar-refractivity contribution >= 4 is 40.7 Å². The number of aryl methyl sites for hydroxylation is 2. The summed E-state index contributed by atoms with van der Waals surface area (Å²) in [5, 5.41) is 5.39. The number of hydrogen-bond donors (Lipinski definition) is 0. The zero-order chi connectivity index (χ0) is 22.5. The van der Waals surface area contributed by atoms with Gasteiger partial charge in [0.25, 0.3) is 0 Å². The minimum absolute atomic E-state index is 0. The molecule has 4 aromatic carbocycles. The first kappa shape index (κ1) is 29.7. The number of nitrogens with zero attached hydrogens (tertiary/aromatic N) is 2. The zero-order valence-electron chi connectivity index (χ0n) is 19.2. The Morgan fingerprint density at radius 1 is 0.645 bits per heavy atom. The molecule has 0 heterocycles. The minimum atomic E-state index is -0.302. The monoisotopic (exact) mass is 575 g/mol. The molecule has 3 radical (unpaired) electrons. The van der Waals surface area contributed by atoms with Crippen molar-refractivity contribution in [2.24, 2.45) is 0 Å². The van der Waals surface area contributed by atoms with Gasteiger partial charge in [0.05, 0.1) is 0 Å². The Kier molecular flexibility index (Phi) is 15.6. The molecule has 4 nitrogen and oxygen atoms in total. The van der Waals surface area contributed by atoms with Crippen molar-refractivity contribution in [3.63, 3.8) is 0 Å². The van der Waals surface area contributed by atoms with Crippen LogP contribution in [0.1, 0.15) is 11.1 Å². The van der Waals surface area contributed by atoms with Crippen LogP contribution in [-0.2, 0) is 8.92 Å². The fourth-order valence-electron chi connectivity index (χ4n) is 2.61. The molecule has 161 valence electrons. The van der Waals surface area contributed by atoms with Crippen LogP contribution in [0, 0.1) is 55.1 Å². The van der Waals surface area contributed by atoms with E-state index in [1.165, 1.54) is 32.7 Å². The van der Waals surface area contributed by atoms with Gasteiger partial charge >= 0.3 is 19.1 Å². The Balaban J connectivity index is 0.000000407. The fraction of sp³-hybridized carbons (Fsp3) is 0.250. The molecule has 0 unspecified atom stereocenters. The normalized spacial score (nSPS) is 8.97. The summed E-state index contributed by atoms with van der Waals surface area (Å²) in [4.78, 5) is 0. The van der Waals surface area contributed by atoms with Crippen LogP contribution in [0.2, 0.25) is 0 Å². The van der Waals surface area contributed by atoms with Crippen molar-refractivity contribution in [2.75, 3.05) is 28.2 Å². The van der Waals surface area contributed by atoms with Gasteiger partial charge in [0.15, 0.2) is 0 Å². The minimum Gasteiger partial charge on any atom is -0.379 e. The van der Waals surface area contributed by atoms with Gasteiger partial charge in [-0.2, -0.15) is 12.1 Å². The van der Waals surface area contributed by atoms with Gasteiger partial charge in [0.2, 0.25) is 0 Å². The Labute approximate surface area is 224 Å². The molecule has 0 spiro atoms. The third kappa shape index (κ3) is 12.3. The van der Waals surface area contributed by atoms with E-state index in [9.17, 15) is 8.92 Å². The average Bonchev–Trinajstić information content (AvgIpc) is 3.29. The summed E-state index contributed by atoms with van der Waals surface area (Å²) in [6, 6.07) is 25.7. The molecule has 0 N–H and O–H groups in total. The molecule has 4 rings (SSSR count). The second-order valence-electron chi connectivity index (χ2n) is 7.29. The van der Waals surface area contributed by atoms with Crippen LogP contribution in [0.15, 0.2) is 72.8 Å². The molecule has 0 saturated heterocycles. The van der Waals surface area contributed by atoms with Crippen LogP contribution in [0.4, 0.5) is 0 Å². The van der Waals surface area contributed by atoms with Gasteiger partial charge in [-0.15, -0.1) is 81.2 Å². The smallest absolute Gasteiger partial charge is 0.379 e. The molecular weight excluding hydrogens is 545 g/mol. The molecule has 0 saturated carbocycles. The van der Waals surface area contributed by atoms with Crippen LogP contribution in [0.5, 0.6) is 0 Å². The van der Waals surface area contributed by atoms with Gasteiger partial charge in [0.1, 0.15) is 0 Å². The van der Waals surface area contributed by atoms with E-state index in [1.807, 2.05) is 0 Å². The topological polar surface area (TPSA) is 40.6 Å².